The molecular formula is C17H17BNO3+. The van der Waals surface area contributed by atoms with Crippen LogP contribution < -0.4 is 14.8 Å². The van der Waals surface area contributed by atoms with Crippen LogP contribution in [0.3, 0.4) is 0 Å². The lowest BCUT2D eigenvalue weighted by atomic mass is 9.77. The van der Waals surface area contributed by atoms with Gasteiger partial charge in [-0.05, 0) is 23.7 Å². The first-order valence-corrected chi connectivity index (χ1v) is 7.09. The molecule has 0 bridgehead atoms. The summed E-state index contributed by atoms with van der Waals surface area (Å²) in [6, 6.07) is 17.3. The van der Waals surface area contributed by atoms with E-state index in [0.717, 1.165) is 22.2 Å². The van der Waals surface area contributed by atoms with Gasteiger partial charge in [-0.3, -0.25) is 0 Å². The molecule has 1 aromatic heterocycles. The predicted molar refractivity (Wildman–Crippen MR) is 86.1 cm³/mol. The van der Waals surface area contributed by atoms with Crippen molar-refractivity contribution < 1.29 is 19.4 Å². The third-order valence-corrected chi connectivity index (χ3v) is 3.76. The van der Waals surface area contributed by atoms with E-state index in [-0.39, 0.29) is 0 Å². The van der Waals surface area contributed by atoms with Gasteiger partial charge in [-0.25, -0.2) is 0 Å². The monoisotopic (exact) mass is 294 g/mol. The first-order chi connectivity index (χ1) is 10.7. The van der Waals surface area contributed by atoms with Gasteiger partial charge in [0.25, 0.3) is 0 Å². The van der Waals surface area contributed by atoms with Crippen molar-refractivity contribution in [3.63, 3.8) is 0 Å². The molecule has 0 radical (unpaired) electrons. The van der Waals surface area contributed by atoms with Crippen molar-refractivity contribution in [2.24, 2.45) is 0 Å². The van der Waals surface area contributed by atoms with E-state index < -0.39 is 7.12 Å². The molecule has 3 aromatic rings. The summed E-state index contributed by atoms with van der Waals surface area (Å²) >= 11 is 0. The summed E-state index contributed by atoms with van der Waals surface area (Å²) < 4.78 is 7.33. The van der Waals surface area contributed by atoms with Gasteiger partial charge in [0, 0.05) is 17.7 Å². The summed E-state index contributed by atoms with van der Waals surface area (Å²) in [5, 5.41) is 20.1. The van der Waals surface area contributed by atoms with E-state index in [0.29, 0.717) is 12.0 Å². The summed E-state index contributed by atoms with van der Waals surface area (Å²) in [6.07, 6.45) is 1.98. The van der Waals surface area contributed by atoms with Crippen LogP contribution in [-0.2, 0) is 6.54 Å². The topological polar surface area (TPSA) is 53.6 Å². The first kappa shape index (κ1) is 14.6. The second kappa shape index (κ2) is 6.18. The minimum atomic E-state index is -1.47. The Kier molecular flexibility index (Phi) is 4.09. The highest BCUT2D eigenvalue weighted by atomic mass is 16.5. The summed E-state index contributed by atoms with van der Waals surface area (Å²) in [5.41, 5.74) is 2.47. The Hall–Kier alpha value is -2.37. The van der Waals surface area contributed by atoms with Crippen LogP contribution >= 0.6 is 0 Å². The van der Waals surface area contributed by atoms with Gasteiger partial charge in [-0.15, -0.1) is 0 Å². The smallest absolute Gasteiger partial charge is 0.488 e. The Labute approximate surface area is 129 Å². The van der Waals surface area contributed by atoms with Crippen LogP contribution in [0, 0.1) is 0 Å². The van der Waals surface area contributed by atoms with Gasteiger partial charge in [-0.1, -0.05) is 24.3 Å². The predicted octanol–water partition coefficient (Wildman–Crippen LogP) is 0.864. The van der Waals surface area contributed by atoms with E-state index in [2.05, 4.69) is 4.57 Å². The van der Waals surface area contributed by atoms with E-state index in [9.17, 15) is 10.0 Å². The van der Waals surface area contributed by atoms with Gasteiger partial charge < -0.3 is 14.8 Å². The zero-order chi connectivity index (χ0) is 15.5. The molecular weight excluding hydrogens is 277 g/mol. The van der Waals surface area contributed by atoms with Crippen LogP contribution in [-0.4, -0.2) is 24.3 Å². The van der Waals surface area contributed by atoms with Crippen LogP contribution in [0.2, 0.25) is 0 Å². The third kappa shape index (κ3) is 2.82. The second-order valence-electron chi connectivity index (χ2n) is 5.13. The van der Waals surface area contributed by atoms with E-state index in [1.165, 1.54) is 0 Å². The summed E-state index contributed by atoms with van der Waals surface area (Å²) in [5.74, 6) is 0.816. The molecule has 1 heterocycles. The number of benzene rings is 2. The van der Waals surface area contributed by atoms with Gasteiger partial charge >= 0.3 is 7.12 Å². The number of fused-ring (bicyclic) bond motifs is 1. The average Bonchev–Trinajstić information content (AvgIpc) is 2.55. The lowest BCUT2D eigenvalue weighted by Crippen LogP contribution is -2.41. The second-order valence-corrected chi connectivity index (χ2v) is 5.13. The lowest BCUT2D eigenvalue weighted by Gasteiger charge is -2.07. The number of nitrogens with zero attached hydrogens (tertiary/aromatic N) is 1. The number of hydrogen-bond acceptors (Lipinski definition) is 3. The number of rotatable bonds is 4. The number of methoxy groups -OCH3 is 1. The Morgan fingerprint density at radius 3 is 2.64 bits per heavy atom. The average molecular weight is 294 g/mol. The van der Waals surface area contributed by atoms with Gasteiger partial charge in [0.05, 0.1) is 12.5 Å². The van der Waals surface area contributed by atoms with Crippen LogP contribution in [0.4, 0.5) is 0 Å². The molecule has 5 heteroatoms. The van der Waals surface area contributed by atoms with Crippen LogP contribution in [0.1, 0.15) is 5.56 Å². The van der Waals surface area contributed by atoms with E-state index >= 15 is 0 Å². The molecule has 22 heavy (non-hydrogen) atoms. The zero-order valence-corrected chi connectivity index (χ0v) is 12.3. The highest BCUT2D eigenvalue weighted by Gasteiger charge is 2.18. The molecule has 0 atom stereocenters. The zero-order valence-electron chi connectivity index (χ0n) is 12.3. The van der Waals surface area contributed by atoms with Crippen molar-refractivity contribution in [3.05, 3.63) is 66.4 Å². The Morgan fingerprint density at radius 1 is 1.05 bits per heavy atom. The van der Waals surface area contributed by atoms with Crippen molar-refractivity contribution in [3.8, 4) is 5.75 Å². The molecule has 2 aromatic carbocycles. The fourth-order valence-corrected chi connectivity index (χ4v) is 2.64. The van der Waals surface area contributed by atoms with Crippen molar-refractivity contribution in [1.82, 2.24) is 0 Å². The summed E-state index contributed by atoms with van der Waals surface area (Å²) in [6.45, 7) is 0.567. The molecule has 0 amide bonds. The molecule has 0 fully saturated rings. The molecule has 0 aliphatic rings. The molecule has 2 N–H and O–H groups in total. The first-order valence-electron chi connectivity index (χ1n) is 7.09. The quantitative estimate of drug-likeness (QED) is 0.554. The molecule has 0 saturated carbocycles. The number of hydrogen-bond donors (Lipinski definition) is 2. The Morgan fingerprint density at radius 2 is 1.86 bits per heavy atom. The minimum Gasteiger partial charge on any atom is -0.497 e. The van der Waals surface area contributed by atoms with E-state index in [1.807, 2.05) is 48.7 Å². The van der Waals surface area contributed by atoms with Gasteiger partial charge in [0.1, 0.15) is 5.75 Å². The standard InChI is InChI=1S/C17H17BNO3/c1-22-15-8-9-17-13(11-15)6-4-10-19(17)12-14-5-2-3-7-16(14)18(20)21/h2-11,20-21H,12H2,1H3/q+1. The lowest BCUT2D eigenvalue weighted by molar-refractivity contribution is -0.662. The van der Waals surface area contributed by atoms with Crippen LogP contribution in [0.5, 0.6) is 5.75 Å². The number of ether oxygens (including phenoxy) is 1. The van der Waals surface area contributed by atoms with Crippen molar-refractivity contribution in [1.29, 1.82) is 0 Å². The molecule has 110 valence electrons. The van der Waals surface area contributed by atoms with Gasteiger partial charge in [0.15, 0.2) is 12.7 Å². The maximum atomic E-state index is 9.49. The van der Waals surface area contributed by atoms with Crippen molar-refractivity contribution in [2.75, 3.05) is 7.11 Å². The van der Waals surface area contributed by atoms with Crippen LogP contribution in [0.15, 0.2) is 60.8 Å². The maximum absolute atomic E-state index is 9.49. The Bertz CT molecular complexity index is 805. The largest absolute Gasteiger partial charge is 0.497 e. The van der Waals surface area contributed by atoms with E-state index in [1.54, 1.807) is 19.2 Å². The number of pyridine rings is 1. The van der Waals surface area contributed by atoms with Crippen molar-refractivity contribution >= 4 is 23.5 Å². The fourth-order valence-electron chi connectivity index (χ4n) is 2.64. The summed E-state index contributed by atoms with van der Waals surface area (Å²) in [7, 11) is 0.184. The van der Waals surface area contributed by atoms with Gasteiger partial charge in [0.2, 0.25) is 5.52 Å². The molecule has 0 saturated heterocycles. The van der Waals surface area contributed by atoms with E-state index in [4.69, 9.17) is 4.74 Å². The molecule has 0 aliphatic carbocycles. The van der Waals surface area contributed by atoms with Crippen LogP contribution in [0.25, 0.3) is 10.9 Å². The SMILES string of the molecule is COc1ccc2c(ccc[n+]2Cc2ccccc2B(O)O)c1. The molecule has 0 aliphatic heterocycles. The van der Waals surface area contributed by atoms with Crippen molar-refractivity contribution in [2.45, 2.75) is 6.54 Å². The third-order valence-electron chi connectivity index (χ3n) is 3.76. The van der Waals surface area contributed by atoms with Gasteiger partial charge in [-0.2, -0.15) is 4.57 Å². The fraction of sp³-hybridized carbons (Fsp3) is 0.118. The molecule has 0 spiro atoms. The Balaban J connectivity index is 2.05. The maximum Gasteiger partial charge on any atom is 0.488 e. The normalized spacial score (nSPS) is 10.7. The highest BCUT2D eigenvalue weighted by molar-refractivity contribution is 6.59. The summed E-state index contributed by atoms with van der Waals surface area (Å²) in [4.78, 5) is 0. The highest BCUT2D eigenvalue weighted by Crippen LogP contribution is 2.17. The molecule has 3 rings (SSSR count). The molecule has 4 nitrogen and oxygen atoms in total. The number of aromatic nitrogens is 1. The minimum absolute atomic E-state index is 0.528. The molecule has 0 unspecified atom stereocenters.